The van der Waals surface area contributed by atoms with Gasteiger partial charge in [0.1, 0.15) is 5.69 Å². The van der Waals surface area contributed by atoms with Crippen LogP contribution in [0.3, 0.4) is 0 Å². The highest BCUT2D eigenvalue weighted by Gasteiger charge is 2.08. The van der Waals surface area contributed by atoms with Crippen molar-refractivity contribution in [3.05, 3.63) is 53.3 Å². The Hall–Kier alpha value is -2.40. The molecule has 24 heavy (non-hydrogen) atoms. The predicted molar refractivity (Wildman–Crippen MR) is 98.9 cm³/mol. The van der Waals surface area contributed by atoms with Gasteiger partial charge in [0.2, 0.25) is 0 Å². The van der Waals surface area contributed by atoms with Crippen LogP contribution in [0, 0.1) is 13.8 Å². The molecule has 1 aromatic heterocycles. The van der Waals surface area contributed by atoms with Gasteiger partial charge in [0.05, 0.1) is 0 Å². The monoisotopic (exact) mass is 326 g/mol. The maximum atomic E-state index is 12.2. The minimum atomic E-state index is -0.141. The highest BCUT2D eigenvalue weighted by Crippen LogP contribution is 2.19. The molecule has 0 saturated carbocycles. The van der Waals surface area contributed by atoms with E-state index < -0.39 is 0 Å². The number of aromatic nitrogens is 1. The van der Waals surface area contributed by atoms with Crippen LogP contribution in [0.4, 0.5) is 11.4 Å². The second kappa shape index (κ2) is 8.45. The lowest BCUT2D eigenvalue weighted by molar-refractivity contribution is 0.0947. The molecule has 1 amide bonds. The number of benzene rings is 1. The number of hydrogen-bond donors (Lipinski definition) is 2. The first-order valence-electron chi connectivity index (χ1n) is 8.19. The van der Waals surface area contributed by atoms with E-state index in [-0.39, 0.29) is 5.91 Å². The van der Waals surface area contributed by atoms with Gasteiger partial charge < -0.3 is 15.5 Å². The highest BCUT2D eigenvalue weighted by atomic mass is 16.1. The van der Waals surface area contributed by atoms with Crippen LogP contribution in [-0.4, -0.2) is 43.0 Å². The third kappa shape index (κ3) is 5.35. The molecule has 0 radical (unpaired) electrons. The van der Waals surface area contributed by atoms with E-state index in [1.807, 2.05) is 26.2 Å². The van der Waals surface area contributed by atoms with Crippen LogP contribution in [0.1, 0.15) is 28.0 Å². The average molecular weight is 326 g/mol. The second-order valence-corrected chi connectivity index (χ2v) is 6.27. The van der Waals surface area contributed by atoms with E-state index in [0.717, 1.165) is 24.3 Å². The zero-order valence-electron chi connectivity index (χ0n) is 14.9. The Morgan fingerprint density at radius 3 is 2.54 bits per heavy atom. The normalized spacial score (nSPS) is 10.7. The molecule has 0 atom stereocenters. The maximum absolute atomic E-state index is 12.2. The van der Waals surface area contributed by atoms with Gasteiger partial charge >= 0.3 is 0 Å². The summed E-state index contributed by atoms with van der Waals surface area (Å²) < 4.78 is 0. The molecule has 2 aromatic rings. The average Bonchev–Trinajstić information content (AvgIpc) is 2.55. The van der Waals surface area contributed by atoms with E-state index in [9.17, 15) is 4.79 Å². The molecule has 0 fully saturated rings. The summed E-state index contributed by atoms with van der Waals surface area (Å²) in [7, 11) is 4.04. The molecule has 2 rings (SSSR count). The van der Waals surface area contributed by atoms with Gasteiger partial charge in [-0.3, -0.25) is 9.78 Å². The van der Waals surface area contributed by atoms with Crippen molar-refractivity contribution >= 4 is 17.3 Å². The molecule has 2 N–H and O–H groups in total. The molecule has 1 heterocycles. The zero-order valence-corrected chi connectivity index (χ0v) is 14.9. The fourth-order valence-electron chi connectivity index (χ4n) is 2.31. The van der Waals surface area contributed by atoms with Crippen LogP contribution in [-0.2, 0) is 0 Å². The summed E-state index contributed by atoms with van der Waals surface area (Å²) in [5.74, 6) is -0.141. The largest absolute Gasteiger partial charge is 0.355 e. The van der Waals surface area contributed by atoms with Crippen molar-refractivity contribution < 1.29 is 4.79 Å². The standard InChI is InChI=1S/C19H26N4O/c1-14-6-7-16(12-15(14)2)22-17-8-10-20-18(13-17)19(24)21-9-5-11-23(3)4/h6-8,10,12-13H,5,9,11H2,1-4H3,(H,20,22)(H,21,24). The van der Waals surface area contributed by atoms with Gasteiger partial charge in [0, 0.05) is 24.1 Å². The fraction of sp³-hybridized carbons (Fsp3) is 0.368. The summed E-state index contributed by atoms with van der Waals surface area (Å²) in [4.78, 5) is 18.4. The number of amides is 1. The zero-order chi connectivity index (χ0) is 17.5. The lowest BCUT2D eigenvalue weighted by atomic mass is 10.1. The molecule has 1 aromatic carbocycles. The Kier molecular flexibility index (Phi) is 6.32. The van der Waals surface area contributed by atoms with Gasteiger partial charge in [0.25, 0.3) is 5.91 Å². The van der Waals surface area contributed by atoms with Crippen LogP contribution in [0.5, 0.6) is 0 Å². The molecule has 0 unspecified atom stereocenters. The smallest absolute Gasteiger partial charge is 0.269 e. The van der Waals surface area contributed by atoms with Crippen molar-refractivity contribution in [2.75, 3.05) is 32.5 Å². The molecule has 5 heteroatoms. The third-order valence-electron chi connectivity index (χ3n) is 3.86. The molecule has 128 valence electrons. The first kappa shape index (κ1) is 17.9. The van der Waals surface area contributed by atoms with E-state index >= 15 is 0 Å². The Balaban J connectivity index is 1.97. The van der Waals surface area contributed by atoms with Crippen molar-refractivity contribution in [2.24, 2.45) is 0 Å². The number of pyridine rings is 1. The number of hydrogen-bond acceptors (Lipinski definition) is 4. The van der Waals surface area contributed by atoms with Gasteiger partial charge in [0.15, 0.2) is 0 Å². The maximum Gasteiger partial charge on any atom is 0.269 e. The van der Waals surface area contributed by atoms with Gasteiger partial charge in [-0.1, -0.05) is 6.07 Å². The molecule has 0 bridgehead atoms. The number of carbonyl (C=O) groups is 1. The van der Waals surface area contributed by atoms with Crippen molar-refractivity contribution in [3.8, 4) is 0 Å². The number of nitrogens with one attached hydrogen (secondary N) is 2. The topological polar surface area (TPSA) is 57.3 Å². The van der Waals surface area contributed by atoms with Gasteiger partial charge in [-0.05, 0) is 76.3 Å². The Labute approximate surface area is 144 Å². The van der Waals surface area contributed by atoms with E-state index in [0.29, 0.717) is 12.2 Å². The SMILES string of the molecule is Cc1ccc(Nc2ccnc(C(=O)NCCCN(C)C)c2)cc1C. The summed E-state index contributed by atoms with van der Waals surface area (Å²) in [6.07, 6.45) is 2.57. The molecule has 0 aliphatic heterocycles. The van der Waals surface area contributed by atoms with Gasteiger partial charge in [-0.15, -0.1) is 0 Å². The quantitative estimate of drug-likeness (QED) is 0.768. The minimum absolute atomic E-state index is 0.141. The van der Waals surface area contributed by atoms with Crippen LogP contribution in [0.25, 0.3) is 0 Å². The number of nitrogens with zero attached hydrogens (tertiary/aromatic N) is 2. The van der Waals surface area contributed by atoms with Crippen molar-refractivity contribution in [3.63, 3.8) is 0 Å². The van der Waals surface area contributed by atoms with Crippen molar-refractivity contribution in [1.29, 1.82) is 0 Å². The first-order valence-corrected chi connectivity index (χ1v) is 8.19. The highest BCUT2D eigenvalue weighted by molar-refractivity contribution is 5.93. The number of anilines is 2. The third-order valence-corrected chi connectivity index (χ3v) is 3.86. The second-order valence-electron chi connectivity index (χ2n) is 6.27. The lowest BCUT2D eigenvalue weighted by Gasteiger charge is -2.11. The first-order chi connectivity index (χ1) is 11.5. The number of carbonyl (C=O) groups excluding carboxylic acids is 1. The lowest BCUT2D eigenvalue weighted by Crippen LogP contribution is -2.27. The number of aryl methyl sites for hydroxylation is 2. The fourth-order valence-corrected chi connectivity index (χ4v) is 2.31. The summed E-state index contributed by atoms with van der Waals surface area (Å²) >= 11 is 0. The van der Waals surface area contributed by atoms with E-state index in [1.54, 1.807) is 12.3 Å². The Morgan fingerprint density at radius 2 is 1.83 bits per heavy atom. The van der Waals surface area contributed by atoms with Crippen LogP contribution in [0.15, 0.2) is 36.5 Å². The Morgan fingerprint density at radius 1 is 1.08 bits per heavy atom. The predicted octanol–water partition coefficient (Wildman–Crippen LogP) is 3.12. The van der Waals surface area contributed by atoms with Gasteiger partial charge in [-0.2, -0.15) is 0 Å². The summed E-state index contributed by atoms with van der Waals surface area (Å²) in [6.45, 7) is 5.76. The summed E-state index contributed by atoms with van der Waals surface area (Å²) in [6, 6.07) is 9.84. The molecular weight excluding hydrogens is 300 g/mol. The summed E-state index contributed by atoms with van der Waals surface area (Å²) in [5.41, 5.74) is 4.77. The summed E-state index contributed by atoms with van der Waals surface area (Å²) in [5, 5.41) is 6.23. The molecule has 0 aliphatic carbocycles. The molecule has 5 nitrogen and oxygen atoms in total. The van der Waals surface area contributed by atoms with Crippen LogP contribution < -0.4 is 10.6 Å². The minimum Gasteiger partial charge on any atom is -0.355 e. The van der Waals surface area contributed by atoms with E-state index in [1.165, 1.54) is 11.1 Å². The molecular formula is C19H26N4O. The Bertz CT molecular complexity index is 698. The molecule has 0 spiro atoms. The van der Waals surface area contributed by atoms with Crippen LogP contribution in [0.2, 0.25) is 0 Å². The number of rotatable bonds is 7. The van der Waals surface area contributed by atoms with Crippen molar-refractivity contribution in [1.82, 2.24) is 15.2 Å². The van der Waals surface area contributed by atoms with Crippen LogP contribution >= 0.6 is 0 Å². The molecule has 0 aliphatic rings. The van der Waals surface area contributed by atoms with E-state index in [4.69, 9.17) is 0 Å². The van der Waals surface area contributed by atoms with E-state index in [2.05, 4.69) is 46.5 Å². The molecule has 0 saturated heterocycles. The van der Waals surface area contributed by atoms with Crippen molar-refractivity contribution in [2.45, 2.75) is 20.3 Å². The van der Waals surface area contributed by atoms with Gasteiger partial charge in [-0.25, -0.2) is 0 Å².